The summed E-state index contributed by atoms with van der Waals surface area (Å²) in [6.45, 7) is 3.49. The first-order chi connectivity index (χ1) is 12.4. The molecule has 1 saturated heterocycles. The summed E-state index contributed by atoms with van der Waals surface area (Å²) in [5.41, 5.74) is 1.54. The first-order valence-corrected chi connectivity index (χ1v) is 10.1. The Morgan fingerprint density at radius 1 is 1.19 bits per heavy atom. The number of rotatable bonds is 5. The Hall–Kier alpha value is -2.38. The van der Waals surface area contributed by atoms with Gasteiger partial charge in [0.25, 0.3) is 5.91 Å². The van der Waals surface area contributed by atoms with Gasteiger partial charge in [-0.2, -0.15) is 0 Å². The van der Waals surface area contributed by atoms with E-state index in [1.165, 1.54) is 0 Å². The molecule has 1 fully saturated rings. The van der Waals surface area contributed by atoms with E-state index in [1.54, 1.807) is 53.4 Å². The predicted molar refractivity (Wildman–Crippen MR) is 100 cm³/mol. The van der Waals surface area contributed by atoms with Crippen LogP contribution in [0.1, 0.15) is 22.8 Å². The number of sulfonamides is 1. The van der Waals surface area contributed by atoms with Crippen molar-refractivity contribution >= 4 is 21.6 Å². The minimum Gasteiger partial charge on any atom is -0.377 e. The Bertz CT molecular complexity index is 868. The number of nitrogens with zero attached hydrogens (tertiary/aromatic N) is 1. The molecule has 1 unspecified atom stereocenters. The standard InChI is InChI=1S/C19H22N2O4S/c1-15-13-25-11-10-21(15)19(22)17-8-5-9-18(12-17)20-26(23,24)14-16-6-3-2-4-7-16/h2-9,12,15,20H,10-11,13-14H2,1H3. The number of benzene rings is 2. The molecule has 1 aliphatic rings. The molecular formula is C19H22N2O4S. The fourth-order valence-corrected chi connectivity index (χ4v) is 4.11. The molecule has 0 aromatic heterocycles. The monoisotopic (exact) mass is 374 g/mol. The molecule has 7 heteroatoms. The first-order valence-electron chi connectivity index (χ1n) is 8.48. The lowest BCUT2D eigenvalue weighted by Gasteiger charge is -2.33. The van der Waals surface area contributed by atoms with Crippen molar-refractivity contribution in [3.05, 3.63) is 65.7 Å². The maximum Gasteiger partial charge on any atom is 0.254 e. The number of amides is 1. The van der Waals surface area contributed by atoms with Crippen molar-refractivity contribution < 1.29 is 17.9 Å². The Morgan fingerprint density at radius 3 is 2.69 bits per heavy atom. The summed E-state index contributed by atoms with van der Waals surface area (Å²) in [6, 6.07) is 15.5. The summed E-state index contributed by atoms with van der Waals surface area (Å²) in [5, 5.41) is 0. The molecule has 0 radical (unpaired) electrons. The molecule has 0 bridgehead atoms. The van der Waals surface area contributed by atoms with E-state index in [0.29, 0.717) is 36.6 Å². The highest BCUT2D eigenvalue weighted by Crippen LogP contribution is 2.18. The second kappa shape index (κ2) is 7.88. The highest BCUT2D eigenvalue weighted by atomic mass is 32.2. The van der Waals surface area contributed by atoms with Crippen LogP contribution in [-0.4, -0.2) is 45.0 Å². The number of nitrogens with one attached hydrogen (secondary N) is 1. The number of carbonyl (C=O) groups excluding carboxylic acids is 1. The van der Waals surface area contributed by atoms with Crippen molar-refractivity contribution in [2.24, 2.45) is 0 Å². The lowest BCUT2D eigenvalue weighted by atomic mass is 10.1. The Labute approximate surface area is 153 Å². The van der Waals surface area contributed by atoms with Gasteiger partial charge in [0.05, 0.1) is 25.0 Å². The SMILES string of the molecule is CC1COCCN1C(=O)c1cccc(NS(=O)(=O)Cc2ccccc2)c1. The average molecular weight is 374 g/mol. The van der Waals surface area contributed by atoms with Crippen LogP contribution < -0.4 is 4.72 Å². The molecule has 1 heterocycles. The fourth-order valence-electron chi connectivity index (χ4n) is 2.92. The number of ether oxygens (including phenoxy) is 1. The number of morpholine rings is 1. The zero-order valence-electron chi connectivity index (χ0n) is 14.6. The second-order valence-corrected chi connectivity index (χ2v) is 8.07. The van der Waals surface area contributed by atoms with E-state index in [-0.39, 0.29) is 17.7 Å². The molecule has 0 saturated carbocycles. The molecule has 3 rings (SSSR count). The normalized spacial score (nSPS) is 17.7. The van der Waals surface area contributed by atoms with Crippen molar-refractivity contribution in [3.63, 3.8) is 0 Å². The van der Waals surface area contributed by atoms with Crippen LogP contribution in [-0.2, 0) is 20.5 Å². The maximum absolute atomic E-state index is 12.7. The number of hydrogen-bond acceptors (Lipinski definition) is 4. The molecule has 2 aromatic rings. The predicted octanol–water partition coefficient (Wildman–Crippen LogP) is 2.49. The summed E-state index contributed by atoms with van der Waals surface area (Å²) in [6.07, 6.45) is 0. The van der Waals surface area contributed by atoms with E-state index in [9.17, 15) is 13.2 Å². The molecule has 26 heavy (non-hydrogen) atoms. The Kier molecular flexibility index (Phi) is 5.58. The number of anilines is 1. The van der Waals surface area contributed by atoms with E-state index in [2.05, 4.69) is 4.72 Å². The molecule has 1 N–H and O–H groups in total. The minimum absolute atomic E-state index is 0.00493. The second-order valence-electron chi connectivity index (χ2n) is 6.35. The highest BCUT2D eigenvalue weighted by molar-refractivity contribution is 7.91. The van der Waals surface area contributed by atoms with Crippen LogP contribution in [0.25, 0.3) is 0 Å². The summed E-state index contributed by atoms with van der Waals surface area (Å²) in [7, 11) is -3.56. The van der Waals surface area contributed by atoms with E-state index in [1.807, 2.05) is 13.0 Å². The van der Waals surface area contributed by atoms with E-state index < -0.39 is 10.0 Å². The zero-order valence-corrected chi connectivity index (χ0v) is 15.4. The zero-order chi connectivity index (χ0) is 18.6. The highest BCUT2D eigenvalue weighted by Gasteiger charge is 2.25. The van der Waals surface area contributed by atoms with Crippen molar-refractivity contribution in [2.75, 3.05) is 24.5 Å². The molecular weight excluding hydrogens is 352 g/mol. The Morgan fingerprint density at radius 2 is 1.96 bits per heavy atom. The van der Waals surface area contributed by atoms with Crippen LogP contribution in [0.2, 0.25) is 0 Å². The number of hydrogen-bond donors (Lipinski definition) is 1. The number of carbonyl (C=O) groups is 1. The summed E-state index contributed by atoms with van der Waals surface area (Å²) >= 11 is 0. The largest absolute Gasteiger partial charge is 0.377 e. The third kappa shape index (κ3) is 4.62. The van der Waals surface area contributed by atoms with Gasteiger partial charge in [-0.05, 0) is 30.7 Å². The smallest absolute Gasteiger partial charge is 0.254 e. The van der Waals surface area contributed by atoms with Crippen molar-refractivity contribution in [1.82, 2.24) is 4.90 Å². The molecule has 6 nitrogen and oxygen atoms in total. The average Bonchev–Trinajstić information content (AvgIpc) is 2.62. The van der Waals surface area contributed by atoms with Crippen molar-refractivity contribution in [2.45, 2.75) is 18.7 Å². The topological polar surface area (TPSA) is 75.7 Å². The summed E-state index contributed by atoms with van der Waals surface area (Å²) in [5.74, 6) is -0.239. The van der Waals surface area contributed by atoms with Gasteiger partial charge in [0.1, 0.15) is 0 Å². The van der Waals surface area contributed by atoms with Crippen LogP contribution >= 0.6 is 0 Å². The third-order valence-corrected chi connectivity index (χ3v) is 5.47. The lowest BCUT2D eigenvalue weighted by molar-refractivity contribution is 0.00360. The van der Waals surface area contributed by atoms with Gasteiger partial charge >= 0.3 is 0 Å². The van der Waals surface area contributed by atoms with Crippen LogP contribution in [0.4, 0.5) is 5.69 Å². The fraction of sp³-hybridized carbons (Fsp3) is 0.316. The lowest BCUT2D eigenvalue weighted by Crippen LogP contribution is -2.47. The van der Waals surface area contributed by atoms with Crippen LogP contribution in [0.5, 0.6) is 0 Å². The van der Waals surface area contributed by atoms with Gasteiger partial charge in [0.15, 0.2) is 0 Å². The van der Waals surface area contributed by atoms with E-state index >= 15 is 0 Å². The van der Waals surface area contributed by atoms with E-state index in [4.69, 9.17) is 4.74 Å². The van der Waals surface area contributed by atoms with Gasteiger partial charge in [-0.25, -0.2) is 8.42 Å². The van der Waals surface area contributed by atoms with Gasteiger partial charge in [0.2, 0.25) is 10.0 Å². The molecule has 0 spiro atoms. The minimum atomic E-state index is -3.56. The molecule has 2 aromatic carbocycles. The van der Waals surface area contributed by atoms with Gasteiger partial charge < -0.3 is 9.64 Å². The van der Waals surface area contributed by atoms with Crippen LogP contribution in [0, 0.1) is 0 Å². The summed E-state index contributed by atoms with van der Waals surface area (Å²) < 4.78 is 32.7. The molecule has 1 aliphatic heterocycles. The molecule has 0 aliphatic carbocycles. The van der Waals surface area contributed by atoms with Crippen LogP contribution in [0.15, 0.2) is 54.6 Å². The molecule has 138 valence electrons. The van der Waals surface area contributed by atoms with Gasteiger partial charge in [-0.1, -0.05) is 36.4 Å². The van der Waals surface area contributed by atoms with E-state index in [0.717, 1.165) is 0 Å². The third-order valence-electron chi connectivity index (χ3n) is 4.21. The summed E-state index contributed by atoms with van der Waals surface area (Å²) in [4.78, 5) is 14.5. The Balaban J connectivity index is 1.73. The molecule has 1 atom stereocenters. The van der Waals surface area contributed by atoms with Gasteiger partial charge in [-0.3, -0.25) is 9.52 Å². The van der Waals surface area contributed by atoms with Crippen LogP contribution in [0.3, 0.4) is 0 Å². The van der Waals surface area contributed by atoms with Crippen molar-refractivity contribution in [3.8, 4) is 0 Å². The maximum atomic E-state index is 12.7. The first kappa shape index (κ1) is 18.4. The van der Waals surface area contributed by atoms with Gasteiger partial charge in [-0.15, -0.1) is 0 Å². The van der Waals surface area contributed by atoms with Gasteiger partial charge in [0, 0.05) is 17.8 Å². The quantitative estimate of drug-likeness (QED) is 0.872. The van der Waals surface area contributed by atoms with Crippen molar-refractivity contribution in [1.29, 1.82) is 0 Å². The molecule has 1 amide bonds.